The molecule has 1 N–H and O–H groups in total. The van der Waals surface area contributed by atoms with Crippen molar-refractivity contribution in [3.8, 4) is 11.5 Å². The highest BCUT2D eigenvalue weighted by Gasteiger charge is 2.47. The maximum Gasteiger partial charge on any atom is 0.300 e. The lowest BCUT2D eigenvalue weighted by Crippen LogP contribution is -2.29. The average molecular weight is 488 g/mol. The molecule has 0 saturated carbocycles. The number of carbonyl (C=O) groups is 2. The van der Waals surface area contributed by atoms with Gasteiger partial charge < -0.3 is 14.6 Å². The van der Waals surface area contributed by atoms with Gasteiger partial charge in [-0.2, -0.15) is 0 Å². The second-order valence-electron chi connectivity index (χ2n) is 7.91. The molecule has 1 unspecified atom stereocenters. The van der Waals surface area contributed by atoms with Crippen LogP contribution in [0.2, 0.25) is 0 Å². The fourth-order valence-electron chi connectivity index (χ4n) is 4.14. The first-order chi connectivity index (χ1) is 17.3. The van der Waals surface area contributed by atoms with Crippen LogP contribution in [-0.2, 0) is 9.59 Å². The molecule has 9 heteroatoms. The summed E-state index contributed by atoms with van der Waals surface area (Å²) in [5.41, 5.74) is 0.834. The Labute approximate surface area is 207 Å². The van der Waals surface area contributed by atoms with Gasteiger partial charge in [0.05, 0.1) is 29.8 Å². The first-order valence-corrected chi connectivity index (χ1v) is 11.4. The number of Topliss-reactive ketones (excluding diaryl/α,β-unsaturated/α-hetero) is 1. The second kappa shape index (κ2) is 10.3. The van der Waals surface area contributed by atoms with Gasteiger partial charge in [-0.25, -0.2) is 0 Å². The van der Waals surface area contributed by atoms with Gasteiger partial charge in [0.25, 0.3) is 17.4 Å². The topological polar surface area (TPSA) is 119 Å². The highest BCUT2D eigenvalue weighted by atomic mass is 16.6. The summed E-state index contributed by atoms with van der Waals surface area (Å²) in [5.74, 6) is -1.06. The van der Waals surface area contributed by atoms with Crippen molar-refractivity contribution in [1.82, 2.24) is 0 Å². The van der Waals surface area contributed by atoms with E-state index in [4.69, 9.17) is 9.47 Å². The average Bonchev–Trinajstić information content (AvgIpc) is 3.15. The van der Waals surface area contributed by atoms with Gasteiger partial charge in [0.15, 0.2) is 0 Å². The Morgan fingerprint density at radius 2 is 1.56 bits per heavy atom. The third-order valence-corrected chi connectivity index (χ3v) is 5.69. The standard InChI is InChI=1S/C27H24N2O7/c1-3-35-21-9-5-7-18(15-21)24-23(25(30)17-11-13-19(14-12-17)29(33)34)26(31)27(32)28(24)20-8-6-10-22(16-20)36-4-2/h5-16,24,30H,3-4H2,1-2H3/b25-23+. The number of benzene rings is 3. The normalized spacial score (nSPS) is 16.7. The number of amides is 1. The maximum absolute atomic E-state index is 13.3. The Kier molecular flexibility index (Phi) is 7.00. The molecule has 0 spiro atoms. The van der Waals surface area contributed by atoms with Crippen LogP contribution < -0.4 is 14.4 Å². The molecule has 0 aromatic heterocycles. The van der Waals surface area contributed by atoms with Crippen molar-refractivity contribution >= 4 is 28.8 Å². The molecule has 1 saturated heterocycles. The van der Waals surface area contributed by atoms with Crippen molar-refractivity contribution in [3.63, 3.8) is 0 Å². The van der Waals surface area contributed by atoms with Crippen molar-refractivity contribution in [2.24, 2.45) is 0 Å². The number of hydrogen-bond donors (Lipinski definition) is 1. The van der Waals surface area contributed by atoms with Crippen LogP contribution in [0.3, 0.4) is 0 Å². The zero-order valence-corrected chi connectivity index (χ0v) is 19.7. The summed E-state index contributed by atoms with van der Waals surface area (Å²) >= 11 is 0. The highest BCUT2D eigenvalue weighted by molar-refractivity contribution is 6.51. The van der Waals surface area contributed by atoms with Crippen LogP contribution in [0.5, 0.6) is 11.5 Å². The van der Waals surface area contributed by atoms with Crippen LogP contribution in [0.1, 0.15) is 31.0 Å². The molecule has 1 heterocycles. The first-order valence-electron chi connectivity index (χ1n) is 11.4. The van der Waals surface area contributed by atoms with Gasteiger partial charge >= 0.3 is 0 Å². The van der Waals surface area contributed by atoms with Gasteiger partial charge in [-0.3, -0.25) is 24.6 Å². The first kappa shape index (κ1) is 24.5. The van der Waals surface area contributed by atoms with Gasteiger partial charge in [0.1, 0.15) is 17.3 Å². The van der Waals surface area contributed by atoms with Crippen molar-refractivity contribution in [3.05, 3.63) is 99.6 Å². The van der Waals surface area contributed by atoms with Crippen molar-refractivity contribution < 1.29 is 29.1 Å². The van der Waals surface area contributed by atoms with E-state index in [-0.39, 0.29) is 16.8 Å². The fraction of sp³-hybridized carbons (Fsp3) is 0.185. The van der Waals surface area contributed by atoms with Crippen LogP contribution in [-0.4, -0.2) is 34.9 Å². The third kappa shape index (κ3) is 4.63. The molecule has 3 aromatic carbocycles. The minimum absolute atomic E-state index is 0.135. The van der Waals surface area contributed by atoms with Gasteiger partial charge in [0.2, 0.25) is 0 Å². The van der Waals surface area contributed by atoms with Gasteiger partial charge in [-0.05, 0) is 55.8 Å². The number of ketones is 1. The highest BCUT2D eigenvalue weighted by Crippen LogP contribution is 2.43. The minimum Gasteiger partial charge on any atom is -0.507 e. The molecule has 184 valence electrons. The Morgan fingerprint density at radius 3 is 2.17 bits per heavy atom. The number of non-ortho nitro benzene ring substituents is 1. The summed E-state index contributed by atoms with van der Waals surface area (Å²) < 4.78 is 11.2. The van der Waals surface area contributed by atoms with Crippen LogP contribution in [0.25, 0.3) is 5.76 Å². The molecule has 3 aromatic rings. The molecule has 0 bridgehead atoms. The SMILES string of the molecule is CCOc1cccc(C2/C(=C(\O)c3ccc([N+](=O)[O-])cc3)C(=O)C(=O)N2c2cccc(OCC)c2)c1. The number of aliphatic hydroxyl groups is 1. The Balaban J connectivity index is 1.91. The van der Waals surface area contributed by atoms with Gasteiger partial charge in [0, 0.05) is 29.4 Å². The number of ether oxygens (including phenoxy) is 2. The summed E-state index contributed by atoms with van der Waals surface area (Å²) in [7, 11) is 0. The minimum atomic E-state index is -0.975. The molecule has 0 radical (unpaired) electrons. The number of nitro benzene ring substituents is 1. The smallest absolute Gasteiger partial charge is 0.300 e. The third-order valence-electron chi connectivity index (χ3n) is 5.69. The molecular weight excluding hydrogens is 464 g/mol. The molecule has 1 fully saturated rings. The lowest BCUT2D eigenvalue weighted by molar-refractivity contribution is -0.384. The van der Waals surface area contributed by atoms with E-state index in [1.54, 1.807) is 48.5 Å². The predicted octanol–water partition coefficient (Wildman–Crippen LogP) is 5.02. The van der Waals surface area contributed by atoms with E-state index >= 15 is 0 Å². The Morgan fingerprint density at radius 1 is 0.944 bits per heavy atom. The number of aliphatic hydroxyl groups excluding tert-OH is 1. The van der Waals surface area contributed by atoms with E-state index < -0.39 is 28.4 Å². The largest absolute Gasteiger partial charge is 0.507 e. The van der Waals surface area contributed by atoms with E-state index in [9.17, 15) is 24.8 Å². The fourth-order valence-corrected chi connectivity index (χ4v) is 4.14. The number of rotatable bonds is 8. The summed E-state index contributed by atoms with van der Waals surface area (Å²) in [6, 6.07) is 17.9. The van der Waals surface area contributed by atoms with Crippen LogP contribution in [0.15, 0.2) is 78.4 Å². The molecular formula is C27H24N2O7. The van der Waals surface area contributed by atoms with Crippen LogP contribution in [0.4, 0.5) is 11.4 Å². The molecule has 36 heavy (non-hydrogen) atoms. The van der Waals surface area contributed by atoms with E-state index in [0.717, 1.165) is 0 Å². The predicted molar refractivity (Wildman–Crippen MR) is 133 cm³/mol. The molecule has 1 aliphatic rings. The second-order valence-corrected chi connectivity index (χ2v) is 7.91. The zero-order chi connectivity index (χ0) is 25.8. The molecule has 1 amide bonds. The van der Waals surface area contributed by atoms with Gasteiger partial charge in [-0.15, -0.1) is 0 Å². The van der Waals surface area contributed by atoms with Crippen molar-refractivity contribution in [1.29, 1.82) is 0 Å². The lowest BCUT2D eigenvalue weighted by Gasteiger charge is -2.26. The molecule has 0 aliphatic carbocycles. The Bertz CT molecular complexity index is 1350. The van der Waals surface area contributed by atoms with Crippen LogP contribution in [0, 0.1) is 10.1 Å². The summed E-state index contributed by atoms with van der Waals surface area (Å²) in [5, 5.41) is 22.2. The molecule has 9 nitrogen and oxygen atoms in total. The summed E-state index contributed by atoms with van der Waals surface area (Å²) in [6.45, 7) is 4.51. The summed E-state index contributed by atoms with van der Waals surface area (Å²) in [4.78, 5) is 38.4. The maximum atomic E-state index is 13.3. The number of nitro groups is 1. The zero-order valence-electron chi connectivity index (χ0n) is 19.7. The number of carbonyl (C=O) groups excluding carboxylic acids is 2. The van der Waals surface area contributed by atoms with E-state index in [0.29, 0.717) is 36.0 Å². The molecule has 1 atom stereocenters. The number of hydrogen-bond acceptors (Lipinski definition) is 7. The number of nitrogens with zero attached hydrogens (tertiary/aromatic N) is 2. The van der Waals surface area contributed by atoms with E-state index in [1.165, 1.54) is 29.2 Å². The molecule has 4 rings (SSSR count). The summed E-state index contributed by atoms with van der Waals surface area (Å²) in [6.07, 6.45) is 0. The quantitative estimate of drug-likeness (QED) is 0.155. The number of anilines is 1. The Hall–Kier alpha value is -4.66. The van der Waals surface area contributed by atoms with Crippen molar-refractivity contribution in [2.45, 2.75) is 19.9 Å². The lowest BCUT2D eigenvalue weighted by atomic mass is 9.95. The van der Waals surface area contributed by atoms with Gasteiger partial charge in [-0.1, -0.05) is 18.2 Å². The van der Waals surface area contributed by atoms with E-state index in [1.807, 2.05) is 13.8 Å². The molecule has 1 aliphatic heterocycles. The van der Waals surface area contributed by atoms with E-state index in [2.05, 4.69) is 0 Å². The van der Waals surface area contributed by atoms with Crippen LogP contribution >= 0.6 is 0 Å². The van der Waals surface area contributed by atoms with Crippen molar-refractivity contribution in [2.75, 3.05) is 18.1 Å². The monoisotopic (exact) mass is 488 g/mol.